The zero-order valence-electron chi connectivity index (χ0n) is 18.0. The van der Waals surface area contributed by atoms with Gasteiger partial charge in [-0.25, -0.2) is 4.99 Å². The van der Waals surface area contributed by atoms with Crippen molar-refractivity contribution in [1.82, 2.24) is 4.90 Å². The molecule has 0 bridgehead atoms. The monoisotopic (exact) mass is 540 g/mol. The van der Waals surface area contributed by atoms with E-state index >= 15 is 0 Å². The molecule has 1 fully saturated rings. The van der Waals surface area contributed by atoms with Gasteiger partial charge in [0.1, 0.15) is 12.4 Å². The number of carbonyl (C=O) groups excluding carboxylic acids is 1. The summed E-state index contributed by atoms with van der Waals surface area (Å²) in [5.41, 5.74) is 2.67. The zero-order valence-corrected chi connectivity index (χ0v) is 21.2. The van der Waals surface area contributed by atoms with Gasteiger partial charge in [-0.2, -0.15) is 0 Å². The van der Waals surface area contributed by atoms with Gasteiger partial charge in [-0.1, -0.05) is 64.8 Å². The Labute approximate surface area is 211 Å². The van der Waals surface area contributed by atoms with Crippen molar-refractivity contribution in [2.45, 2.75) is 20.0 Å². The molecule has 3 aromatic rings. The first-order valence-corrected chi connectivity index (χ1v) is 12.5. The van der Waals surface area contributed by atoms with Gasteiger partial charge in [-0.3, -0.25) is 9.69 Å². The molecule has 0 spiro atoms. The van der Waals surface area contributed by atoms with Gasteiger partial charge in [0.2, 0.25) is 0 Å². The first-order chi connectivity index (χ1) is 16.0. The van der Waals surface area contributed by atoms with Crippen molar-refractivity contribution in [3.8, 4) is 5.75 Å². The van der Waals surface area contributed by atoms with Crippen molar-refractivity contribution in [2.24, 2.45) is 4.99 Å². The Balaban J connectivity index is 1.63. The number of hydrogen-bond donors (Lipinski definition) is 0. The van der Waals surface area contributed by atoms with Crippen molar-refractivity contribution in [3.63, 3.8) is 0 Å². The van der Waals surface area contributed by atoms with Crippen LogP contribution >= 0.6 is 39.3 Å². The van der Waals surface area contributed by atoms with Crippen LogP contribution in [0.4, 0.5) is 5.69 Å². The van der Waals surface area contributed by atoms with E-state index in [9.17, 15) is 4.79 Å². The molecule has 1 amide bonds. The van der Waals surface area contributed by atoms with Gasteiger partial charge in [0, 0.05) is 21.6 Å². The average Bonchev–Trinajstić information content (AvgIpc) is 3.10. The number of nitrogens with zero attached hydrogens (tertiary/aromatic N) is 2. The van der Waals surface area contributed by atoms with Crippen LogP contribution in [-0.4, -0.2) is 22.5 Å². The minimum absolute atomic E-state index is 0.0523. The average molecular weight is 542 g/mol. The number of thioether (sulfide) groups is 1. The number of amides is 1. The highest BCUT2D eigenvalue weighted by molar-refractivity contribution is 9.10. The maximum absolute atomic E-state index is 13.2. The molecule has 168 valence electrons. The molecular weight excluding hydrogens is 520 g/mol. The third-order valence-corrected chi connectivity index (χ3v) is 6.63. The van der Waals surface area contributed by atoms with Crippen LogP contribution in [0.25, 0.3) is 6.08 Å². The van der Waals surface area contributed by atoms with Crippen LogP contribution in [-0.2, 0) is 11.4 Å². The summed E-state index contributed by atoms with van der Waals surface area (Å²) in [6.07, 6.45) is 2.71. The molecule has 0 unspecified atom stereocenters. The lowest BCUT2D eigenvalue weighted by atomic mass is 10.1. The Morgan fingerprint density at radius 1 is 1.09 bits per heavy atom. The molecule has 1 aliphatic rings. The van der Waals surface area contributed by atoms with Gasteiger partial charge in [-0.15, -0.1) is 0 Å². The quantitative estimate of drug-likeness (QED) is 0.288. The number of ether oxygens (including phenoxy) is 1. The number of rotatable bonds is 7. The fourth-order valence-electron chi connectivity index (χ4n) is 3.28. The summed E-state index contributed by atoms with van der Waals surface area (Å²) in [6, 6.07) is 23.1. The van der Waals surface area contributed by atoms with Gasteiger partial charge in [0.05, 0.1) is 10.6 Å². The first kappa shape index (κ1) is 23.6. The number of aliphatic imine (C=N–C) groups is 1. The molecule has 0 aromatic heterocycles. The molecule has 7 heteroatoms. The summed E-state index contributed by atoms with van der Waals surface area (Å²) in [7, 11) is 0. The maximum Gasteiger partial charge on any atom is 0.266 e. The fourth-order valence-corrected chi connectivity index (χ4v) is 4.80. The number of carbonyl (C=O) groups is 1. The summed E-state index contributed by atoms with van der Waals surface area (Å²) in [5, 5.41) is 1.31. The minimum atomic E-state index is -0.0523. The standard InChI is InChI=1S/C26H22BrClN2O2S/c1-2-14-30-25(31)24(33-26(30)29-22-11-9-21(28)10-12-22)16-19-15-20(27)8-13-23(19)32-17-18-6-4-3-5-7-18/h3-13,15-16H,2,14,17H2,1H3/b24-16-,29-26?. The first-order valence-electron chi connectivity index (χ1n) is 10.6. The van der Waals surface area contributed by atoms with E-state index in [0.717, 1.165) is 27.7 Å². The Hall–Kier alpha value is -2.54. The second-order valence-electron chi connectivity index (χ2n) is 7.39. The normalized spacial score (nSPS) is 16.1. The second kappa shape index (κ2) is 11.1. The van der Waals surface area contributed by atoms with Gasteiger partial charge < -0.3 is 4.74 Å². The van der Waals surface area contributed by atoms with Crippen LogP contribution in [0.1, 0.15) is 24.5 Å². The molecule has 3 aromatic carbocycles. The van der Waals surface area contributed by atoms with Crippen LogP contribution in [0.3, 0.4) is 0 Å². The molecule has 0 aliphatic carbocycles. The third-order valence-electron chi connectivity index (χ3n) is 4.88. The van der Waals surface area contributed by atoms with Crippen LogP contribution in [0.15, 0.2) is 87.2 Å². The van der Waals surface area contributed by atoms with E-state index in [4.69, 9.17) is 21.3 Å². The SMILES string of the molecule is CCCN1C(=O)/C(=C/c2cc(Br)ccc2OCc2ccccc2)SC1=Nc1ccc(Cl)cc1. The van der Waals surface area contributed by atoms with E-state index in [2.05, 4.69) is 15.9 Å². The number of hydrogen-bond acceptors (Lipinski definition) is 4. The van der Waals surface area contributed by atoms with Crippen molar-refractivity contribution in [2.75, 3.05) is 6.54 Å². The minimum Gasteiger partial charge on any atom is -0.488 e. The molecule has 0 saturated carbocycles. The molecule has 0 N–H and O–H groups in total. The van der Waals surface area contributed by atoms with Crippen molar-refractivity contribution >= 4 is 62.1 Å². The highest BCUT2D eigenvalue weighted by atomic mass is 79.9. The summed E-state index contributed by atoms with van der Waals surface area (Å²) < 4.78 is 7.00. The molecular formula is C26H22BrClN2O2S. The van der Waals surface area contributed by atoms with Crippen LogP contribution < -0.4 is 4.74 Å². The zero-order chi connectivity index (χ0) is 23.2. The van der Waals surface area contributed by atoms with E-state index in [-0.39, 0.29) is 5.91 Å². The van der Waals surface area contributed by atoms with Gasteiger partial charge in [-0.05, 0) is 72.3 Å². The Bertz CT molecular complexity index is 1200. The van der Waals surface area contributed by atoms with Gasteiger partial charge in [0.15, 0.2) is 5.17 Å². The molecule has 1 saturated heterocycles. The molecule has 33 heavy (non-hydrogen) atoms. The summed E-state index contributed by atoms with van der Waals surface area (Å²) in [6.45, 7) is 3.10. The predicted octanol–water partition coefficient (Wildman–Crippen LogP) is 7.70. The van der Waals surface area contributed by atoms with Crippen molar-refractivity contribution < 1.29 is 9.53 Å². The Kier molecular flexibility index (Phi) is 7.91. The maximum atomic E-state index is 13.2. The second-order valence-corrected chi connectivity index (χ2v) is 9.76. The van der Waals surface area contributed by atoms with E-state index in [1.165, 1.54) is 11.8 Å². The molecule has 4 rings (SSSR count). The van der Waals surface area contributed by atoms with Crippen LogP contribution in [0, 0.1) is 0 Å². The molecule has 1 heterocycles. The van der Waals surface area contributed by atoms with Crippen molar-refractivity contribution in [1.29, 1.82) is 0 Å². The van der Waals surface area contributed by atoms with E-state index in [1.807, 2.05) is 73.7 Å². The predicted molar refractivity (Wildman–Crippen MR) is 141 cm³/mol. The summed E-state index contributed by atoms with van der Waals surface area (Å²) in [4.78, 5) is 20.3. The Morgan fingerprint density at radius 3 is 2.58 bits per heavy atom. The van der Waals surface area contributed by atoms with E-state index in [1.54, 1.807) is 17.0 Å². The molecule has 0 atom stereocenters. The summed E-state index contributed by atoms with van der Waals surface area (Å²) in [5.74, 6) is 0.664. The largest absolute Gasteiger partial charge is 0.488 e. The van der Waals surface area contributed by atoms with Gasteiger partial charge in [0.25, 0.3) is 5.91 Å². The topological polar surface area (TPSA) is 41.9 Å². The van der Waals surface area contributed by atoms with E-state index < -0.39 is 0 Å². The number of halogens is 2. The smallest absolute Gasteiger partial charge is 0.266 e. The van der Waals surface area contributed by atoms with Crippen LogP contribution in [0.5, 0.6) is 5.75 Å². The third kappa shape index (κ3) is 6.08. The van der Waals surface area contributed by atoms with Crippen LogP contribution in [0.2, 0.25) is 5.02 Å². The van der Waals surface area contributed by atoms with Gasteiger partial charge >= 0.3 is 0 Å². The fraction of sp³-hybridized carbons (Fsp3) is 0.154. The molecule has 1 aliphatic heterocycles. The molecule has 0 radical (unpaired) electrons. The number of amidine groups is 1. The highest BCUT2D eigenvalue weighted by Gasteiger charge is 2.33. The lowest BCUT2D eigenvalue weighted by Gasteiger charge is -2.14. The van der Waals surface area contributed by atoms with E-state index in [0.29, 0.717) is 34.0 Å². The Morgan fingerprint density at radius 2 is 1.85 bits per heavy atom. The lowest BCUT2D eigenvalue weighted by molar-refractivity contribution is -0.122. The number of benzene rings is 3. The summed E-state index contributed by atoms with van der Waals surface area (Å²) >= 11 is 10.9. The van der Waals surface area contributed by atoms with Crippen molar-refractivity contribution in [3.05, 3.63) is 98.3 Å². The lowest BCUT2D eigenvalue weighted by Crippen LogP contribution is -2.29. The molecule has 4 nitrogen and oxygen atoms in total. The highest BCUT2D eigenvalue weighted by Crippen LogP contribution is 2.36.